The van der Waals surface area contributed by atoms with Crippen LogP contribution in [0.4, 0.5) is 0 Å². The van der Waals surface area contributed by atoms with Crippen molar-refractivity contribution in [3.05, 3.63) is 57.5 Å². The van der Waals surface area contributed by atoms with Gasteiger partial charge in [0.1, 0.15) is 0 Å². The van der Waals surface area contributed by atoms with Crippen molar-refractivity contribution in [2.75, 3.05) is 0 Å². The molecule has 0 saturated heterocycles. The molecule has 0 aliphatic rings. The first-order chi connectivity index (χ1) is 9.02. The third-order valence-corrected chi connectivity index (χ3v) is 4.22. The fourth-order valence-electron chi connectivity index (χ4n) is 3.13. The van der Waals surface area contributed by atoms with E-state index in [0.717, 1.165) is 10.4 Å². The minimum Gasteiger partial charge on any atom is -0.0905 e. The molecule has 0 bridgehead atoms. The highest BCUT2D eigenvalue weighted by Gasteiger charge is 2.09. The van der Waals surface area contributed by atoms with Gasteiger partial charge in [-0.3, -0.25) is 0 Å². The van der Waals surface area contributed by atoms with Crippen molar-refractivity contribution in [2.24, 2.45) is 0 Å². The minimum absolute atomic E-state index is 1.12. The van der Waals surface area contributed by atoms with E-state index in [1.807, 2.05) is 0 Å². The fourth-order valence-corrected chi connectivity index (χ4v) is 3.13. The Hall–Kier alpha value is -2.08. The summed E-state index contributed by atoms with van der Waals surface area (Å²) in [5, 5.41) is 7.23. The first kappa shape index (κ1) is 12.0. The van der Waals surface area contributed by atoms with Crippen LogP contribution in [0, 0.1) is 20.8 Å². The molecule has 0 nitrogen and oxygen atoms in total. The van der Waals surface area contributed by atoms with E-state index in [0.29, 0.717) is 0 Å². The van der Waals surface area contributed by atoms with Crippen LogP contribution >= 0.6 is 0 Å². The summed E-state index contributed by atoms with van der Waals surface area (Å²) in [6, 6.07) is 10.7. The van der Waals surface area contributed by atoms with E-state index in [9.17, 15) is 0 Å². The molecular formula is C19H18. The average Bonchev–Trinajstić information content (AvgIpc) is 2.40. The smallest absolute Gasteiger partial charge is 0.00705 e. The normalized spacial score (nSPS) is 11.3. The summed E-state index contributed by atoms with van der Waals surface area (Å²) in [6.07, 6.45) is 0. The lowest BCUT2D eigenvalue weighted by atomic mass is 9.91. The topological polar surface area (TPSA) is 0 Å². The molecule has 0 unspecified atom stereocenters. The van der Waals surface area contributed by atoms with E-state index >= 15 is 0 Å². The number of fused-ring (bicyclic) bond motifs is 2. The molecule has 0 spiro atoms. The molecule has 0 atom stereocenters. The molecule has 0 fully saturated rings. The van der Waals surface area contributed by atoms with Gasteiger partial charge in [0.15, 0.2) is 0 Å². The molecule has 0 heteroatoms. The second-order valence-electron chi connectivity index (χ2n) is 5.39. The van der Waals surface area contributed by atoms with Crippen LogP contribution in [-0.2, 0) is 0 Å². The zero-order chi connectivity index (χ0) is 13.7. The van der Waals surface area contributed by atoms with E-state index < -0.39 is 0 Å². The first-order valence-electron chi connectivity index (χ1n) is 6.61. The number of benzene rings is 3. The zero-order valence-corrected chi connectivity index (χ0v) is 11.8. The van der Waals surface area contributed by atoms with Crippen LogP contribution in [0.1, 0.15) is 16.7 Å². The van der Waals surface area contributed by atoms with Crippen LogP contribution in [0.15, 0.2) is 30.3 Å². The third-order valence-electron chi connectivity index (χ3n) is 4.22. The van der Waals surface area contributed by atoms with E-state index in [-0.39, 0.29) is 0 Å². The Balaban J connectivity index is 2.81. The number of rotatable bonds is 0. The lowest BCUT2D eigenvalue weighted by molar-refractivity contribution is 1.34. The molecule has 0 heterocycles. The molecule has 94 valence electrons. The minimum atomic E-state index is 1.12. The van der Waals surface area contributed by atoms with Gasteiger partial charge in [-0.05, 0) is 69.4 Å². The Morgan fingerprint density at radius 1 is 0.737 bits per heavy atom. The van der Waals surface area contributed by atoms with Gasteiger partial charge in [0.25, 0.3) is 0 Å². The van der Waals surface area contributed by atoms with E-state index in [1.54, 1.807) is 0 Å². The van der Waals surface area contributed by atoms with Crippen LogP contribution < -0.4 is 10.4 Å². The molecule has 0 saturated carbocycles. The van der Waals surface area contributed by atoms with Crippen LogP contribution in [0.25, 0.3) is 34.7 Å². The lowest BCUT2D eigenvalue weighted by Gasteiger charge is -2.13. The summed E-state index contributed by atoms with van der Waals surface area (Å²) in [5.74, 6) is 0. The van der Waals surface area contributed by atoms with Gasteiger partial charge in [0.2, 0.25) is 0 Å². The highest BCUT2D eigenvalue weighted by Crippen LogP contribution is 2.22. The predicted octanol–water partition coefficient (Wildman–Crippen LogP) is 3.74. The molecule has 0 aliphatic carbocycles. The van der Waals surface area contributed by atoms with Crippen LogP contribution in [-0.4, -0.2) is 0 Å². The Kier molecular flexibility index (Phi) is 2.50. The quantitative estimate of drug-likeness (QED) is 0.530. The molecular weight excluding hydrogens is 228 g/mol. The standard InChI is InChI=1S/C19H18/c1-11-10-12(2)18-14(4)16-8-6-7-9-17(16)15(5)19(18)13(11)3/h6-10H,4-5H2,1-3H3. The van der Waals surface area contributed by atoms with Crippen molar-refractivity contribution in [2.45, 2.75) is 20.8 Å². The van der Waals surface area contributed by atoms with Gasteiger partial charge >= 0.3 is 0 Å². The molecule has 19 heavy (non-hydrogen) atoms. The van der Waals surface area contributed by atoms with E-state index in [1.165, 1.54) is 38.2 Å². The molecule has 0 N–H and O–H groups in total. The van der Waals surface area contributed by atoms with Crippen molar-refractivity contribution in [3.8, 4) is 0 Å². The summed E-state index contributed by atoms with van der Waals surface area (Å²) >= 11 is 0. The summed E-state index contributed by atoms with van der Waals surface area (Å²) in [5.41, 5.74) is 3.93. The van der Waals surface area contributed by atoms with Crippen molar-refractivity contribution >= 4 is 34.7 Å². The summed E-state index contributed by atoms with van der Waals surface area (Å²) < 4.78 is 0. The van der Waals surface area contributed by atoms with Crippen LogP contribution in [0.2, 0.25) is 0 Å². The number of hydrogen-bond donors (Lipinski definition) is 0. The maximum atomic E-state index is 4.33. The molecule has 3 rings (SSSR count). The Morgan fingerprint density at radius 2 is 1.26 bits per heavy atom. The highest BCUT2D eigenvalue weighted by atomic mass is 14.1. The SMILES string of the molecule is C=c1c2ccccc2c(=C)c2c(C)c(C)cc(C)c12. The maximum Gasteiger partial charge on any atom is -0.00705 e. The van der Waals surface area contributed by atoms with Crippen LogP contribution in [0.3, 0.4) is 0 Å². The van der Waals surface area contributed by atoms with Crippen molar-refractivity contribution in [1.82, 2.24) is 0 Å². The zero-order valence-electron chi connectivity index (χ0n) is 11.8. The lowest BCUT2D eigenvalue weighted by Crippen LogP contribution is -2.15. The highest BCUT2D eigenvalue weighted by molar-refractivity contribution is 6.02. The number of hydrogen-bond acceptors (Lipinski definition) is 0. The summed E-state index contributed by atoms with van der Waals surface area (Å²) in [6.45, 7) is 15.2. The van der Waals surface area contributed by atoms with E-state index in [2.05, 4.69) is 64.3 Å². The first-order valence-corrected chi connectivity index (χ1v) is 6.61. The second-order valence-corrected chi connectivity index (χ2v) is 5.39. The van der Waals surface area contributed by atoms with Gasteiger partial charge in [-0.15, -0.1) is 0 Å². The predicted molar refractivity (Wildman–Crippen MR) is 86.0 cm³/mol. The van der Waals surface area contributed by atoms with Crippen molar-refractivity contribution in [3.63, 3.8) is 0 Å². The Morgan fingerprint density at radius 3 is 1.84 bits per heavy atom. The summed E-state index contributed by atoms with van der Waals surface area (Å²) in [7, 11) is 0. The Bertz CT molecular complexity index is 915. The fraction of sp³-hybridized carbons (Fsp3) is 0.158. The maximum absolute atomic E-state index is 4.33. The van der Waals surface area contributed by atoms with Gasteiger partial charge < -0.3 is 0 Å². The molecule has 3 aromatic carbocycles. The largest absolute Gasteiger partial charge is 0.0905 e. The van der Waals surface area contributed by atoms with Gasteiger partial charge in [0.05, 0.1) is 0 Å². The Labute approximate surface area is 113 Å². The van der Waals surface area contributed by atoms with Crippen LogP contribution in [0.5, 0.6) is 0 Å². The third kappa shape index (κ3) is 1.53. The van der Waals surface area contributed by atoms with Gasteiger partial charge in [-0.1, -0.05) is 43.5 Å². The number of aryl methyl sites for hydroxylation is 3. The van der Waals surface area contributed by atoms with Crippen molar-refractivity contribution < 1.29 is 0 Å². The van der Waals surface area contributed by atoms with Gasteiger partial charge in [-0.25, -0.2) is 0 Å². The monoisotopic (exact) mass is 246 g/mol. The average molecular weight is 246 g/mol. The summed E-state index contributed by atoms with van der Waals surface area (Å²) in [4.78, 5) is 0. The molecule has 0 aromatic heterocycles. The molecule has 3 aromatic rings. The molecule has 0 amide bonds. The van der Waals surface area contributed by atoms with Gasteiger partial charge in [-0.2, -0.15) is 0 Å². The van der Waals surface area contributed by atoms with E-state index in [4.69, 9.17) is 0 Å². The molecule has 0 radical (unpaired) electrons. The van der Waals surface area contributed by atoms with Gasteiger partial charge in [0, 0.05) is 0 Å². The van der Waals surface area contributed by atoms with Crippen molar-refractivity contribution in [1.29, 1.82) is 0 Å². The second kappa shape index (κ2) is 3.96. The molecule has 0 aliphatic heterocycles.